The second-order valence-corrected chi connectivity index (χ2v) is 10.9. The number of amides is 1. The van der Waals surface area contributed by atoms with E-state index in [1.807, 2.05) is 25.1 Å². The molecule has 0 spiro atoms. The number of unbranched alkanes of at least 4 members (excludes halogenated alkanes) is 1. The van der Waals surface area contributed by atoms with Crippen molar-refractivity contribution in [2.75, 3.05) is 36.0 Å². The third-order valence-electron chi connectivity index (χ3n) is 7.61. The fraction of sp³-hybridized carbons (Fsp3) is 0.375. The highest BCUT2D eigenvalue weighted by atomic mass is 35.5. The number of piperazine rings is 1. The number of pyridine rings is 1. The van der Waals surface area contributed by atoms with Crippen molar-refractivity contribution in [1.82, 2.24) is 14.7 Å². The Morgan fingerprint density at radius 2 is 1.88 bits per heavy atom. The van der Waals surface area contributed by atoms with E-state index in [1.165, 1.54) is 0 Å². The average Bonchev–Trinajstić information content (AvgIpc) is 3.35. The van der Waals surface area contributed by atoms with Crippen molar-refractivity contribution in [3.05, 3.63) is 88.6 Å². The van der Waals surface area contributed by atoms with Crippen molar-refractivity contribution in [1.29, 1.82) is 0 Å². The Morgan fingerprint density at radius 1 is 1.10 bits per heavy atom. The van der Waals surface area contributed by atoms with Crippen LogP contribution in [0.5, 0.6) is 5.75 Å². The zero-order valence-electron chi connectivity index (χ0n) is 23.9. The highest BCUT2D eigenvalue weighted by Crippen LogP contribution is 2.27. The summed E-state index contributed by atoms with van der Waals surface area (Å²) in [5.41, 5.74) is 4.18. The minimum Gasteiger partial charge on any atom is -0.494 e. The molecule has 0 radical (unpaired) electrons. The van der Waals surface area contributed by atoms with Crippen molar-refractivity contribution in [2.24, 2.45) is 0 Å². The van der Waals surface area contributed by atoms with Crippen molar-refractivity contribution < 1.29 is 13.9 Å². The number of rotatable bonds is 10. The topological polar surface area (TPSA) is 62.1 Å². The van der Waals surface area contributed by atoms with Gasteiger partial charge in [-0.15, -0.1) is 0 Å². The standard InChI is InChI=1S/C32H37ClFN5O2/c1-4-6-17-41-27-12-10-25(11-13-27)38-16-15-37(20-22(38)3)26-9-7-23(28(34)18-26)19-35-32(40)31-29(5-2)36-30-14-8-24(33)21-39(30)31/h7-14,18,21-22H,4-6,15-17,19-20H2,1-3H3,(H,35,40)/t22-/m0/s1. The second kappa shape index (κ2) is 12.8. The van der Waals surface area contributed by atoms with E-state index < -0.39 is 0 Å². The van der Waals surface area contributed by atoms with Gasteiger partial charge in [0.05, 0.1) is 17.3 Å². The molecule has 1 atom stereocenters. The van der Waals surface area contributed by atoms with E-state index in [9.17, 15) is 4.79 Å². The van der Waals surface area contributed by atoms with Gasteiger partial charge in [0.1, 0.15) is 22.9 Å². The molecular weight excluding hydrogens is 541 g/mol. The quantitative estimate of drug-likeness (QED) is 0.218. The Bertz CT molecular complexity index is 1510. The van der Waals surface area contributed by atoms with Gasteiger partial charge < -0.3 is 19.9 Å². The molecule has 1 saturated heterocycles. The van der Waals surface area contributed by atoms with Crippen LogP contribution in [0.3, 0.4) is 0 Å². The largest absolute Gasteiger partial charge is 0.494 e. The Labute approximate surface area is 245 Å². The zero-order valence-corrected chi connectivity index (χ0v) is 24.6. The van der Waals surface area contributed by atoms with Crippen molar-refractivity contribution >= 4 is 34.5 Å². The molecule has 1 amide bonds. The molecule has 1 aliphatic heterocycles. The zero-order chi connectivity index (χ0) is 28.9. The summed E-state index contributed by atoms with van der Waals surface area (Å²) in [5, 5.41) is 3.37. The van der Waals surface area contributed by atoms with E-state index in [-0.39, 0.29) is 24.3 Å². The molecule has 216 valence electrons. The van der Waals surface area contributed by atoms with Crippen LogP contribution in [0.1, 0.15) is 55.4 Å². The Hall–Kier alpha value is -3.78. The molecule has 2 aromatic heterocycles. The van der Waals surface area contributed by atoms with E-state index in [0.717, 1.165) is 56.2 Å². The van der Waals surface area contributed by atoms with E-state index in [1.54, 1.807) is 34.9 Å². The van der Waals surface area contributed by atoms with Crippen LogP contribution < -0.4 is 19.9 Å². The third kappa shape index (κ3) is 6.43. The number of ether oxygens (including phenoxy) is 1. The number of benzene rings is 2. The number of nitrogens with one attached hydrogen (secondary N) is 1. The molecule has 1 aliphatic rings. The first kappa shape index (κ1) is 28.7. The molecule has 1 fully saturated rings. The van der Waals surface area contributed by atoms with Crippen LogP contribution in [0.2, 0.25) is 5.02 Å². The van der Waals surface area contributed by atoms with Crippen molar-refractivity contribution in [3.63, 3.8) is 0 Å². The first-order valence-electron chi connectivity index (χ1n) is 14.4. The summed E-state index contributed by atoms with van der Waals surface area (Å²) in [6.45, 7) is 9.50. The number of anilines is 2. The van der Waals surface area contributed by atoms with Crippen LogP contribution in [0, 0.1) is 5.82 Å². The predicted octanol–water partition coefficient (Wildman–Crippen LogP) is 6.51. The first-order valence-corrected chi connectivity index (χ1v) is 14.7. The summed E-state index contributed by atoms with van der Waals surface area (Å²) in [7, 11) is 0. The fourth-order valence-corrected chi connectivity index (χ4v) is 5.49. The molecular formula is C32H37ClFN5O2. The van der Waals surface area contributed by atoms with Crippen LogP contribution in [0.4, 0.5) is 15.8 Å². The number of carbonyl (C=O) groups is 1. The number of hydrogen-bond donors (Lipinski definition) is 1. The van der Waals surface area contributed by atoms with Gasteiger partial charge in [-0.1, -0.05) is 37.9 Å². The second-order valence-electron chi connectivity index (χ2n) is 10.5. The van der Waals surface area contributed by atoms with E-state index in [0.29, 0.717) is 34.0 Å². The summed E-state index contributed by atoms with van der Waals surface area (Å²) in [4.78, 5) is 22.2. The highest BCUT2D eigenvalue weighted by Gasteiger charge is 2.25. The lowest BCUT2D eigenvalue weighted by atomic mass is 10.1. The van der Waals surface area contributed by atoms with Gasteiger partial charge in [0.15, 0.2) is 0 Å². The third-order valence-corrected chi connectivity index (χ3v) is 7.83. The number of aryl methyl sites for hydroxylation is 1. The van der Waals surface area contributed by atoms with E-state index >= 15 is 4.39 Å². The smallest absolute Gasteiger partial charge is 0.270 e. The van der Waals surface area contributed by atoms with Gasteiger partial charge >= 0.3 is 0 Å². The number of aromatic nitrogens is 2. The monoisotopic (exact) mass is 577 g/mol. The minimum atomic E-state index is -0.339. The van der Waals surface area contributed by atoms with Gasteiger partial charge in [-0.3, -0.25) is 9.20 Å². The lowest BCUT2D eigenvalue weighted by Gasteiger charge is -2.42. The number of imidazole rings is 1. The molecule has 0 bridgehead atoms. The first-order chi connectivity index (χ1) is 19.9. The number of carbonyl (C=O) groups excluding carboxylic acids is 1. The molecule has 4 aromatic rings. The van der Waals surface area contributed by atoms with Crippen LogP contribution in [0.15, 0.2) is 60.8 Å². The van der Waals surface area contributed by atoms with Crippen molar-refractivity contribution in [3.8, 4) is 5.75 Å². The SMILES string of the molecule is CCCCOc1ccc(N2CCN(c3ccc(CNC(=O)c4c(CC)nc5ccc(Cl)cn45)c(F)c3)C[C@@H]2C)cc1. The lowest BCUT2D eigenvalue weighted by molar-refractivity contribution is 0.0943. The van der Waals surface area contributed by atoms with Gasteiger partial charge in [-0.2, -0.15) is 0 Å². The maximum Gasteiger partial charge on any atom is 0.270 e. The molecule has 9 heteroatoms. The highest BCUT2D eigenvalue weighted by molar-refractivity contribution is 6.30. The van der Waals surface area contributed by atoms with Gasteiger partial charge in [0, 0.05) is 55.4 Å². The molecule has 0 aliphatic carbocycles. The Morgan fingerprint density at radius 3 is 2.59 bits per heavy atom. The minimum absolute atomic E-state index is 0.0736. The van der Waals surface area contributed by atoms with E-state index in [2.05, 4.69) is 46.1 Å². The molecule has 5 rings (SSSR count). The predicted molar refractivity (Wildman–Crippen MR) is 163 cm³/mol. The molecule has 0 saturated carbocycles. The maximum absolute atomic E-state index is 15.2. The number of nitrogens with zero attached hydrogens (tertiary/aromatic N) is 4. The van der Waals surface area contributed by atoms with Gasteiger partial charge in [-0.25, -0.2) is 9.37 Å². The summed E-state index contributed by atoms with van der Waals surface area (Å²) in [5.74, 6) is 0.244. The van der Waals surface area contributed by atoms with Gasteiger partial charge in [-0.05, 0) is 68.3 Å². The van der Waals surface area contributed by atoms with Crippen LogP contribution >= 0.6 is 11.6 Å². The van der Waals surface area contributed by atoms with Gasteiger partial charge in [0.2, 0.25) is 0 Å². The lowest BCUT2D eigenvalue weighted by Crippen LogP contribution is -2.52. The van der Waals surface area contributed by atoms with Crippen LogP contribution in [-0.4, -0.2) is 47.6 Å². The number of halogens is 2. The average molecular weight is 578 g/mol. The van der Waals surface area contributed by atoms with Gasteiger partial charge in [0.25, 0.3) is 5.91 Å². The molecule has 1 N–H and O–H groups in total. The number of hydrogen-bond acceptors (Lipinski definition) is 5. The maximum atomic E-state index is 15.2. The molecule has 0 unspecified atom stereocenters. The molecule has 7 nitrogen and oxygen atoms in total. The number of fused-ring (bicyclic) bond motifs is 1. The van der Waals surface area contributed by atoms with Crippen LogP contribution in [-0.2, 0) is 13.0 Å². The summed E-state index contributed by atoms with van der Waals surface area (Å²) in [6.07, 6.45) is 4.43. The van der Waals surface area contributed by atoms with Crippen molar-refractivity contribution in [2.45, 2.75) is 52.6 Å². The fourth-order valence-electron chi connectivity index (χ4n) is 5.33. The molecule has 41 heavy (non-hydrogen) atoms. The Kier molecular flexibility index (Phi) is 8.98. The summed E-state index contributed by atoms with van der Waals surface area (Å²) in [6, 6.07) is 17.3. The summed E-state index contributed by atoms with van der Waals surface area (Å²) >= 11 is 6.15. The molecule has 3 heterocycles. The normalized spacial score (nSPS) is 15.4. The molecule has 2 aromatic carbocycles. The summed E-state index contributed by atoms with van der Waals surface area (Å²) < 4.78 is 22.7. The van der Waals surface area contributed by atoms with E-state index in [4.69, 9.17) is 16.3 Å². The Balaban J connectivity index is 1.20. The van der Waals surface area contributed by atoms with Crippen LogP contribution in [0.25, 0.3) is 5.65 Å².